The fourth-order valence-electron chi connectivity index (χ4n) is 3.02. The molecule has 2 heterocycles. The third kappa shape index (κ3) is 5.54. The Morgan fingerprint density at radius 1 is 1.00 bits per heavy atom. The van der Waals surface area contributed by atoms with Gasteiger partial charge in [-0.3, -0.25) is 4.79 Å². The molecule has 1 aliphatic rings. The first-order chi connectivity index (χ1) is 13.5. The van der Waals surface area contributed by atoms with Crippen LogP contribution < -0.4 is 10.6 Å². The van der Waals surface area contributed by atoms with E-state index in [9.17, 15) is 4.79 Å². The van der Waals surface area contributed by atoms with Crippen LogP contribution in [0.25, 0.3) is 0 Å². The van der Waals surface area contributed by atoms with Gasteiger partial charge in [-0.05, 0) is 37.1 Å². The van der Waals surface area contributed by atoms with Crippen LogP contribution in [0.2, 0.25) is 0 Å². The maximum absolute atomic E-state index is 12.2. The summed E-state index contributed by atoms with van der Waals surface area (Å²) in [6, 6.07) is 9.63. The van der Waals surface area contributed by atoms with Crippen LogP contribution in [0, 0.1) is 0 Å². The maximum Gasteiger partial charge on any atom is 0.253 e. The normalized spacial score (nSPS) is 17.2. The van der Waals surface area contributed by atoms with E-state index in [-0.39, 0.29) is 22.8 Å². The summed E-state index contributed by atoms with van der Waals surface area (Å²) in [6.07, 6.45) is 1.39. The lowest BCUT2D eigenvalue weighted by atomic mass is 9.90. The van der Waals surface area contributed by atoms with Crippen LogP contribution in [-0.4, -0.2) is 28.6 Å². The number of amides is 1. The van der Waals surface area contributed by atoms with E-state index in [0.717, 1.165) is 41.6 Å². The van der Waals surface area contributed by atoms with Gasteiger partial charge >= 0.3 is 0 Å². The molecule has 6 heteroatoms. The fourth-order valence-corrected chi connectivity index (χ4v) is 3.02. The van der Waals surface area contributed by atoms with Crippen molar-refractivity contribution in [2.75, 3.05) is 17.2 Å². The molecule has 0 spiro atoms. The predicted octanol–water partition coefficient (Wildman–Crippen LogP) is 4.93. The first-order valence-corrected chi connectivity index (χ1v) is 10.2. The summed E-state index contributed by atoms with van der Waals surface area (Å²) in [5.41, 5.74) is 2.44. The lowest BCUT2D eigenvalue weighted by Gasteiger charge is -2.24. The minimum Gasteiger partial charge on any atom is -0.368 e. The zero-order chi connectivity index (χ0) is 21.2. The quantitative estimate of drug-likeness (QED) is 0.766. The van der Waals surface area contributed by atoms with Gasteiger partial charge in [0.15, 0.2) is 0 Å². The molecule has 0 bridgehead atoms. The van der Waals surface area contributed by atoms with E-state index in [1.807, 2.05) is 30.3 Å². The first-order valence-electron chi connectivity index (χ1n) is 10.2. The molecule has 0 saturated carbocycles. The molecule has 1 saturated heterocycles. The second kappa shape index (κ2) is 8.11. The summed E-state index contributed by atoms with van der Waals surface area (Å²) >= 11 is 0. The van der Waals surface area contributed by atoms with Crippen molar-refractivity contribution in [1.82, 2.24) is 9.97 Å². The number of rotatable bonds is 4. The Kier molecular flexibility index (Phi) is 5.94. The van der Waals surface area contributed by atoms with Crippen LogP contribution in [0.1, 0.15) is 65.9 Å². The summed E-state index contributed by atoms with van der Waals surface area (Å²) in [6.45, 7) is 13.5. The van der Waals surface area contributed by atoms with E-state index >= 15 is 0 Å². The van der Waals surface area contributed by atoms with Crippen LogP contribution >= 0.6 is 0 Å². The summed E-state index contributed by atoms with van der Waals surface area (Å²) in [5.74, 6) is 1.50. The van der Waals surface area contributed by atoms with E-state index in [1.165, 1.54) is 0 Å². The van der Waals surface area contributed by atoms with Crippen molar-refractivity contribution in [2.24, 2.45) is 0 Å². The minimum atomic E-state index is -0.333. The van der Waals surface area contributed by atoms with Gasteiger partial charge in [0.2, 0.25) is 0 Å². The highest BCUT2D eigenvalue weighted by Gasteiger charge is 2.24. The Hall–Kier alpha value is -2.47. The molecule has 1 fully saturated rings. The Morgan fingerprint density at radius 3 is 2.21 bits per heavy atom. The van der Waals surface area contributed by atoms with Crippen molar-refractivity contribution in [2.45, 2.75) is 71.3 Å². The Balaban J connectivity index is 1.76. The van der Waals surface area contributed by atoms with Gasteiger partial charge in [0.05, 0.1) is 5.69 Å². The van der Waals surface area contributed by atoms with Crippen molar-refractivity contribution in [3.05, 3.63) is 41.9 Å². The average Bonchev–Trinajstić information content (AvgIpc) is 3.16. The maximum atomic E-state index is 12.2. The zero-order valence-electron chi connectivity index (χ0n) is 18.3. The highest BCUT2D eigenvalue weighted by Crippen LogP contribution is 2.28. The second-order valence-electron chi connectivity index (χ2n) is 9.66. The van der Waals surface area contributed by atoms with Crippen molar-refractivity contribution in [1.29, 1.82) is 0 Å². The number of carbonyl (C=O) groups excluding carboxylic acids is 1. The van der Waals surface area contributed by atoms with Gasteiger partial charge < -0.3 is 15.4 Å². The van der Waals surface area contributed by atoms with E-state index in [1.54, 1.807) is 0 Å². The SMILES string of the molecule is CC(C)(C)c1cc(Nc2ccc(NC(=O)C3CCCO3)cc2)nc(C(C)(C)C)n1. The molecule has 1 aromatic carbocycles. The standard InChI is InChI=1S/C23H32N4O2/c1-22(2,3)18-14-19(27-21(26-18)23(4,5)6)24-15-9-11-16(12-10-15)25-20(28)17-8-7-13-29-17/h9-12,14,17H,7-8,13H2,1-6H3,(H,25,28)(H,24,26,27). The minimum absolute atomic E-state index is 0.0736. The molecule has 1 aromatic heterocycles. The number of ether oxygens (including phenoxy) is 1. The topological polar surface area (TPSA) is 76.1 Å². The van der Waals surface area contributed by atoms with E-state index < -0.39 is 0 Å². The monoisotopic (exact) mass is 396 g/mol. The number of benzene rings is 1. The number of anilines is 3. The molecule has 1 atom stereocenters. The molecule has 1 amide bonds. The van der Waals surface area contributed by atoms with Crippen LogP contribution in [0.15, 0.2) is 30.3 Å². The highest BCUT2D eigenvalue weighted by atomic mass is 16.5. The Labute approximate surface area is 173 Å². The van der Waals surface area contributed by atoms with Crippen molar-refractivity contribution in [3.8, 4) is 0 Å². The average molecular weight is 397 g/mol. The smallest absolute Gasteiger partial charge is 0.253 e. The van der Waals surface area contributed by atoms with Gasteiger partial charge in [-0.15, -0.1) is 0 Å². The van der Waals surface area contributed by atoms with Crippen LogP contribution in [0.3, 0.4) is 0 Å². The van der Waals surface area contributed by atoms with Crippen molar-refractivity contribution in [3.63, 3.8) is 0 Å². The molecule has 6 nitrogen and oxygen atoms in total. The summed E-state index contributed by atoms with van der Waals surface area (Å²) in [4.78, 5) is 21.7. The number of nitrogens with one attached hydrogen (secondary N) is 2. The van der Waals surface area contributed by atoms with Gasteiger partial charge in [-0.2, -0.15) is 0 Å². The van der Waals surface area contributed by atoms with Crippen molar-refractivity contribution < 1.29 is 9.53 Å². The molecule has 2 N–H and O–H groups in total. The molecule has 0 aliphatic carbocycles. The third-order valence-corrected chi connectivity index (χ3v) is 4.81. The van der Waals surface area contributed by atoms with E-state index in [2.05, 4.69) is 52.2 Å². The number of nitrogens with zero attached hydrogens (tertiary/aromatic N) is 2. The van der Waals surface area contributed by atoms with Gasteiger partial charge in [-0.1, -0.05) is 41.5 Å². The van der Waals surface area contributed by atoms with E-state index in [4.69, 9.17) is 14.7 Å². The molecular weight excluding hydrogens is 364 g/mol. The van der Waals surface area contributed by atoms with E-state index in [0.29, 0.717) is 6.61 Å². The summed E-state index contributed by atoms with van der Waals surface area (Å²) in [7, 11) is 0. The second-order valence-corrected chi connectivity index (χ2v) is 9.66. The molecule has 2 aromatic rings. The lowest BCUT2D eigenvalue weighted by Crippen LogP contribution is -2.26. The van der Waals surface area contributed by atoms with Gasteiger partial charge in [0, 0.05) is 34.9 Å². The van der Waals surface area contributed by atoms with Gasteiger partial charge in [0.1, 0.15) is 17.7 Å². The zero-order valence-corrected chi connectivity index (χ0v) is 18.3. The number of hydrogen-bond donors (Lipinski definition) is 2. The third-order valence-electron chi connectivity index (χ3n) is 4.81. The summed E-state index contributed by atoms with van der Waals surface area (Å²) in [5, 5.41) is 6.29. The number of aromatic nitrogens is 2. The molecule has 1 aliphatic heterocycles. The largest absolute Gasteiger partial charge is 0.368 e. The molecular formula is C23H32N4O2. The lowest BCUT2D eigenvalue weighted by molar-refractivity contribution is -0.124. The molecule has 0 radical (unpaired) electrons. The van der Waals surface area contributed by atoms with Crippen LogP contribution in [0.4, 0.5) is 17.2 Å². The Bertz CT molecular complexity index is 826. The first kappa shape index (κ1) is 21.2. The predicted molar refractivity (Wildman–Crippen MR) is 117 cm³/mol. The van der Waals surface area contributed by atoms with Gasteiger partial charge in [-0.25, -0.2) is 9.97 Å². The fraction of sp³-hybridized carbons (Fsp3) is 0.522. The van der Waals surface area contributed by atoms with Crippen LogP contribution in [0.5, 0.6) is 0 Å². The van der Waals surface area contributed by atoms with Crippen molar-refractivity contribution >= 4 is 23.1 Å². The number of hydrogen-bond acceptors (Lipinski definition) is 5. The van der Waals surface area contributed by atoms with Crippen LogP contribution in [-0.2, 0) is 20.4 Å². The molecule has 1 unspecified atom stereocenters. The Morgan fingerprint density at radius 2 is 1.66 bits per heavy atom. The highest BCUT2D eigenvalue weighted by molar-refractivity contribution is 5.94. The molecule has 29 heavy (non-hydrogen) atoms. The van der Waals surface area contributed by atoms with Gasteiger partial charge in [0.25, 0.3) is 5.91 Å². The molecule has 156 valence electrons. The molecule has 3 rings (SSSR count). The summed E-state index contributed by atoms with van der Waals surface area (Å²) < 4.78 is 5.43. The number of carbonyl (C=O) groups is 1.